The molecule has 1 rings (SSSR count). The fraction of sp³-hybridized carbons (Fsp3) is 0.385. The minimum atomic E-state index is -0.585. The topological polar surface area (TPSA) is 81.4 Å². The van der Waals surface area contributed by atoms with Gasteiger partial charge in [0.25, 0.3) is 5.91 Å². The van der Waals surface area contributed by atoms with Gasteiger partial charge in [0.1, 0.15) is 0 Å². The SMILES string of the molecule is CCOC(=O)CCCNc1cccc(Cl)c1C(N)=O. The van der Waals surface area contributed by atoms with E-state index in [1.807, 2.05) is 0 Å². The van der Waals surface area contributed by atoms with Gasteiger partial charge in [-0.05, 0) is 25.5 Å². The molecule has 0 fully saturated rings. The van der Waals surface area contributed by atoms with Gasteiger partial charge in [-0.15, -0.1) is 0 Å². The molecule has 6 heteroatoms. The van der Waals surface area contributed by atoms with E-state index in [1.54, 1.807) is 25.1 Å². The highest BCUT2D eigenvalue weighted by atomic mass is 35.5. The Labute approximate surface area is 117 Å². The third-order valence-corrected chi connectivity index (χ3v) is 2.75. The van der Waals surface area contributed by atoms with Crippen molar-refractivity contribution in [3.8, 4) is 0 Å². The molecule has 0 spiro atoms. The summed E-state index contributed by atoms with van der Waals surface area (Å²) in [6.07, 6.45) is 0.927. The molecule has 0 aliphatic carbocycles. The number of amides is 1. The lowest BCUT2D eigenvalue weighted by Gasteiger charge is -2.11. The van der Waals surface area contributed by atoms with Crippen LogP contribution in [0.15, 0.2) is 18.2 Å². The number of hydrogen-bond donors (Lipinski definition) is 2. The summed E-state index contributed by atoms with van der Waals surface area (Å²) in [5, 5.41) is 3.35. The minimum absolute atomic E-state index is 0.231. The van der Waals surface area contributed by atoms with E-state index in [1.165, 1.54) is 0 Å². The number of rotatable bonds is 7. The van der Waals surface area contributed by atoms with Crippen molar-refractivity contribution in [2.75, 3.05) is 18.5 Å². The third kappa shape index (κ3) is 4.79. The fourth-order valence-corrected chi connectivity index (χ4v) is 1.88. The Bertz CT molecular complexity index is 463. The van der Waals surface area contributed by atoms with Crippen LogP contribution < -0.4 is 11.1 Å². The van der Waals surface area contributed by atoms with Crippen molar-refractivity contribution in [3.63, 3.8) is 0 Å². The number of esters is 1. The number of hydrogen-bond acceptors (Lipinski definition) is 4. The van der Waals surface area contributed by atoms with Crippen molar-refractivity contribution in [1.82, 2.24) is 0 Å². The Hall–Kier alpha value is -1.75. The molecule has 0 atom stereocenters. The van der Waals surface area contributed by atoms with Crippen molar-refractivity contribution in [3.05, 3.63) is 28.8 Å². The molecule has 0 saturated heterocycles. The summed E-state index contributed by atoms with van der Waals surface area (Å²) in [4.78, 5) is 22.4. The fourth-order valence-electron chi connectivity index (χ4n) is 1.61. The van der Waals surface area contributed by atoms with Crippen LogP contribution >= 0.6 is 11.6 Å². The first kappa shape index (κ1) is 15.3. The van der Waals surface area contributed by atoms with Gasteiger partial charge in [0, 0.05) is 18.7 Å². The molecule has 0 aromatic heterocycles. The maximum Gasteiger partial charge on any atom is 0.305 e. The number of nitrogens with one attached hydrogen (secondary N) is 1. The van der Waals surface area contributed by atoms with Crippen LogP contribution in [0.5, 0.6) is 0 Å². The van der Waals surface area contributed by atoms with Gasteiger partial charge in [0.05, 0.1) is 17.2 Å². The monoisotopic (exact) mass is 284 g/mol. The zero-order valence-corrected chi connectivity index (χ0v) is 11.5. The smallest absolute Gasteiger partial charge is 0.305 e. The number of carbonyl (C=O) groups is 2. The number of primary amides is 1. The van der Waals surface area contributed by atoms with Crippen LogP contribution in [0.4, 0.5) is 5.69 Å². The van der Waals surface area contributed by atoms with E-state index < -0.39 is 5.91 Å². The second-order valence-electron chi connectivity index (χ2n) is 3.86. The molecule has 1 aromatic rings. The van der Waals surface area contributed by atoms with Crippen molar-refractivity contribution < 1.29 is 14.3 Å². The van der Waals surface area contributed by atoms with Gasteiger partial charge >= 0.3 is 5.97 Å². The summed E-state index contributed by atoms with van der Waals surface area (Å²) in [5.41, 5.74) is 6.11. The molecule has 1 aromatic carbocycles. The van der Waals surface area contributed by atoms with Crippen LogP contribution in [-0.2, 0) is 9.53 Å². The van der Waals surface area contributed by atoms with Crippen LogP contribution in [0.1, 0.15) is 30.1 Å². The lowest BCUT2D eigenvalue weighted by molar-refractivity contribution is -0.143. The van der Waals surface area contributed by atoms with Crippen molar-refractivity contribution in [2.45, 2.75) is 19.8 Å². The number of anilines is 1. The first-order valence-corrected chi connectivity index (χ1v) is 6.41. The summed E-state index contributed by atoms with van der Waals surface area (Å²) >= 11 is 5.91. The van der Waals surface area contributed by atoms with Crippen molar-refractivity contribution >= 4 is 29.2 Å². The second-order valence-corrected chi connectivity index (χ2v) is 4.27. The predicted molar refractivity (Wildman–Crippen MR) is 74.3 cm³/mol. The highest BCUT2D eigenvalue weighted by Crippen LogP contribution is 2.23. The van der Waals surface area contributed by atoms with E-state index in [2.05, 4.69) is 5.32 Å². The Morgan fingerprint density at radius 2 is 2.16 bits per heavy atom. The summed E-state index contributed by atoms with van der Waals surface area (Å²) < 4.78 is 4.81. The molecule has 0 bridgehead atoms. The van der Waals surface area contributed by atoms with Crippen molar-refractivity contribution in [2.24, 2.45) is 5.73 Å². The van der Waals surface area contributed by atoms with Crippen LogP contribution in [0.25, 0.3) is 0 Å². The predicted octanol–water partition coefficient (Wildman–Crippen LogP) is 2.19. The molecule has 0 radical (unpaired) electrons. The molecule has 0 unspecified atom stereocenters. The Morgan fingerprint density at radius 3 is 2.79 bits per heavy atom. The maximum absolute atomic E-state index is 11.3. The summed E-state index contributed by atoms with van der Waals surface area (Å²) in [6, 6.07) is 5.05. The molecule has 1 amide bonds. The quantitative estimate of drug-likeness (QED) is 0.594. The average Bonchev–Trinajstić information content (AvgIpc) is 2.34. The Morgan fingerprint density at radius 1 is 1.42 bits per heavy atom. The molecule has 0 heterocycles. The second kappa shape index (κ2) is 7.63. The number of carbonyl (C=O) groups excluding carboxylic acids is 2. The van der Waals surface area contributed by atoms with E-state index in [0.717, 1.165) is 0 Å². The summed E-state index contributed by atoms with van der Waals surface area (Å²) in [7, 11) is 0. The van der Waals surface area contributed by atoms with Crippen LogP contribution in [0, 0.1) is 0 Å². The van der Waals surface area contributed by atoms with E-state index >= 15 is 0 Å². The molecule has 19 heavy (non-hydrogen) atoms. The largest absolute Gasteiger partial charge is 0.466 e. The lowest BCUT2D eigenvalue weighted by Crippen LogP contribution is -2.16. The molecule has 104 valence electrons. The average molecular weight is 285 g/mol. The normalized spacial score (nSPS) is 10.0. The zero-order valence-electron chi connectivity index (χ0n) is 10.7. The van der Waals surface area contributed by atoms with E-state index in [-0.39, 0.29) is 11.5 Å². The van der Waals surface area contributed by atoms with Crippen LogP contribution in [0.2, 0.25) is 5.02 Å². The van der Waals surface area contributed by atoms with E-state index in [4.69, 9.17) is 22.1 Å². The number of ether oxygens (including phenoxy) is 1. The van der Waals surface area contributed by atoms with Gasteiger partial charge in [-0.1, -0.05) is 17.7 Å². The van der Waals surface area contributed by atoms with Crippen molar-refractivity contribution in [1.29, 1.82) is 0 Å². The highest BCUT2D eigenvalue weighted by Gasteiger charge is 2.12. The van der Waals surface area contributed by atoms with Gasteiger partial charge in [-0.2, -0.15) is 0 Å². The molecule has 5 nitrogen and oxygen atoms in total. The molecule has 0 saturated carbocycles. The lowest BCUT2D eigenvalue weighted by atomic mass is 10.1. The molecular weight excluding hydrogens is 268 g/mol. The van der Waals surface area contributed by atoms with E-state index in [0.29, 0.717) is 36.7 Å². The summed E-state index contributed by atoms with van der Waals surface area (Å²) in [5.74, 6) is -0.816. The first-order chi connectivity index (χ1) is 9.06. The number of halogens is 1. The van der Waals surface area contributed by atoms with Crippen LogP contribution in [0.3, 0.4) is 0 Å². The van der Waals surface area contributed by atoms with Crippen LogP contribution in [-0.4, -0.2) is 25.0 Å². The maximum atomic E-state index is 11.3. The zero-order chi connectivity index (χ0) is 14.3. The Kier molecular flexibility index (Phi) is 6.15. The standard InChI is InChI=1S/C13H17ClN2O3/c1-2-19-11(17)7-4-8-16-10-6-3-5-9(14)12(10)13(15)18/h3,5-6,16H,2,4,7-8H2,1H3,(H2,15,18). The number of nitrogens with two attached hydrogens (primary N) is 1. The third-order valence-electron chi connectivity index (χ3n) is 2.44. The summed E-state index contributed by atoms with van der Waals surface area (Å²) in [6.45, 7) is 2.67. The minimum Gasteiger partial charge on any atom is -0.466 e. The van der Waals surface area contributed by atoms with Gasteiger partial charge in [-0.3, -0.25) is 9.59 Å². The molecule has 3 N–H and O–H groups in total. The number of benzene rings is 1. The molecule has 0 aliphatic heterocycles. The van der Waals surface area contributed by atoms with Gasteiger partial charge in [0.2, 0.25) is 0 Å². The molecular formula is C13H17ClN2O3. The van der Waals surface area contributed by atoms with Gasteiger partial charge in [0.15, 0.2) is 0 Å². The van der Waals surface area contributed by atoms with Gasteiger partial charge < -0.3 is 15.8 Å². The first-order valence-electron chi connectivity index (χ1n) is 6.04. The highest BCUT2D eigenvalue weighted by molar-refractivity contribution is 6.34. The Balaban J connectivity index is 2.52. The molecule has 0 aliphatic rings. The van der Waals surface area contributed by atoms with Gasteiger partial charge in [-0.25, -0.2) is 0 Å². The van der Waals surface area contributed by atoms with E-state index in [9.17, 15) is 9.59 Å².